The minimum Gasteiger partial charge on any atom is -0.369 e. The number of aromatic amines is 1. The monoisotopic (exact) mass is 344 g/mol. The van der Waals surface area contributed by atoms with Crippen LogP contribution in [0.1, 0.15) is 19.5 Å². The predicted molar refractivity (Wildman–Crippen MR) is 73.7 cm³/mol. The van der Waals surface area contributed by atoms with Crippen LogP contribution in [0.15, 0.2) is 6.33 Å². The molecule has 0 atom stereocenters. The lowest BCUT2D eigenvalue weighted by atomic mass is 10.3. The molecule has 0 saturated heterocycles. The molecule has 0 fully saturated rings. The van der Waals surface area contributed by atoms with Crippen molar-refractivity contribution in [3.63, 3.8) is 0 Å². The lowest BCUT2D eigenvalue weighted by molar-refractivity contribution is 0.966. The van der Waals surface area contributed by atoms with Crippen molar-refractivity contribution in [1.29, 1.82) is 0 Å². The van der Waals surface area contributed by atoms with Crippen LogP contribution in [0.3, 0.4) is 0 Å². The van der Waals surface area contributed by atoms with Gasteiger partial charge in [-0.1, -0.05) is 6.92 Å². The number of hydrogen-bond acceptors (Lipinski definition) is 5. The molecule has 2 aromatic rings. The molecule has 2 rings (SSSR count). The number of anilines is 1. The van der Waals surface area contributed by atoms with Gasteiger partial charge < -0.3 is 5.32 Å². The molecular weight excluding hydrogens is 331 g/mol. The second-order valence-corrected chi connectivity index (χ2v) is 4.45. The Morgan fingerprint density at radius 3 is 2.76 bits per heavy atom. The first-order valence-electron chi connectivity index (χ1n) is 5.42. The highest BCUT2D eigenvalue weighted by Gasteiger charge is 2.13. The lowest BCUT2D eigenvalue weighted by Gasteiger charge is -2.09. The van der Waals surface area contributed by atoms with Gasteiger partial charge in [-0.2, -0.15) is 5.10 Å². The highest BCUT2D eigenvalue weighted by atomic mass is 127. The average Bonchev–Trinajstić information content (AvgIpc) is 2.85. The molecule has 0 aromatic carbocycles. The number of nitrogens with zero attached hydrogens (tertiary/aromatic N) is 4. The Labute approximate surface area is 113 Å². The summed E-state index contributed by atoms with van der Waals surface area (Å²) >= 11 is 2.27. The van der Waals surface area contributed by atoms with E-state index < -0.39 is 0 Å². The lowest BCUT2D eigenvalue weighted by Crippen LogP contribution is -2.08. The van der Waals surface area contributed by atoms with Gasteiger partial charge in [-0.05, 0) is 35.9 Å². The first-order valence-corrected chi connectivity index (χ1v) is 6.50. The predicted octanol–water partition coefficient (Wildman–Crippen LogP) is 1.86. The van der Waals surface area contributed by atoms with Crippen molar-refractivity contribution in [2.24, 2.45) is 0 Å². The van der Waals surface area contributed by atoms with Crippen molar-refractivity contribution in [3.05, 3.63) is 15.6 Å². The van der Waals surface area contributed by atoms with E-state index in [1.54, 1.807) is 0 Å². The molecule has 0 aliphatic heterocycles. The Kier molecular flexibility index (Phi) is 3.87. The molecular formula is C10H13IN6. The topological polar surface area (TPSA) is 79.4 Å². The van der Waals surface area contributed by atoms with E-state index in [9.17, 15) is 0 Å². The normalized spacial score (nSPS) is 10.5. The third-order valence-electron chi connectivity index (χ3n) is 2.23. The third kappa shape index (κ3) is 2.54. The van der Waals surface area contributed by atoms with Gasteiger partial charge in [-0.25, -0.2) is 15.0 Å². The van der Waals surface area contributed by atoms with Gasteiger partial charge in [-0.3, -0.25) is 5.10 Å². The molecule has 0 spiro atoms. The van der Waals surface area contributed by atoms with E-state index in [1.807, 2.05) is 6.92 Å². The van der Waals surface area contributed by atoms with Crippen LogP contribution in [-0.4, -0.2) is 31.7 Å². The SMILES string of the molecule is CCNc1nc(-c2ncn[nH]2)nc(CC)c1I. The average molecular weight is 344 g/mol. The van der Waals surface area contributed by atoms with Crippen molar-refractivity contribution in [3.8, 4) is 11.6 Å². The fourth-order valence-electron chi connectivity index (χ4n) is 1.43. The van der Waals surface area contributed by atoms with Crippen LogP contribution in [0.25, 0.3) is 11.6 Å². The summed E-state index contributed by atoms with van der Waals surface area (Å²) in [5.74, 6) is 2.03. The first-order chi connectivity index (χ1) is 8.26. The zero-order valence-electron chi connectivity index (χ0n) is 9.66. The molecule has 0 bridgehead atoms. The Morgan fingerprint density at radius 1 is 1.35 bits per heavy atom. The van der Waals surface area contributed by atoms with E-state index >= 15 is 0 Å². The fraction of sp³-hybridized carbons (Fsp3) is 0.400. The van der Waals surface area contributed by atoms with Crippen LogP contribution in [-0.2, 0) is 6.42 Å². The second kappa shape index (κ2) is 5.39. The molecule has 2 N–H and O–H groups in total. The van der Waals surface area contributed by atoms with Gasteiger partial charge in [0.15, 0.2) is 11.6 Å². The van der Waals surface area contributed by atoms with E-state index in [-0.39, 0.29) is 0 Å². The Balaban J connectivity index is 2.50. The largest absolute Gasteiger partial charge is 0.369 e. The summed E-state index contributed by atoms with van der Waals surface area (Å²) in [6.07, 6.45) is 2.32. The molecule has 7 heteroatoms. The van der Waals surface area contributed by atoms with Crippen molar-refractivity contribution in [2.75, 3.05) is 11.9 Å². The van der Waals surface area contributed by atoms with Crippen molar-refractivity contribution < 1.29 is 0 Å². The second-order valence-electron chi connectivity index (χ2n) is 3.37. The molecule has 0 radical (unpaired) electrons. The van der Waals surface area contributed by atoms with Gasteiger partial charge >= 0.3 is 0 Å². The standard InChI is InChI=1S/C10H13IN6/c1-3-6-7(11)8(12-4-2)16-10(15-6)9-13-5-14-17-9/h5H,3-4H2,1-2H3,(H,12,15,16)(H,13,14,17). The molecule has 90 valence electrons. The first kappa shape index (κ1) is 12.2. The van der Waals surface area contributed by atoms with Crippen LogP contribution in [0.4, 0.5) is 5.82 Å². The Morgan fingerprint density at radius 2 is 2.18 bits per heavy atom. The number of hydrogen-bond donors (Lipinski definition) is 2. The number of halogens is 1. The molecule has 0 saturated carbocycles. The highest BCUT2D eigenvalue weighted by Crippen LogP contribution is 2.22. The van der Waals surface area contributed by atoms with Crippen LogP contribution < -0.4 is 5.32 Å². The smallest absolute Gasteiger partial charge is 0.199 e. The van der Waals surface area contributed by atoms with Gasteiger partial charge in [0.05, 0.1) is 9.26 Å². The number of nitrogens with one attached hydrogen (secondary N) is 2. The fourth-order valence-corrected chi connectivity index (χ4v) is 2.24. The number of aryl methyl sites for hydroxylation is 1. The van der Waals surface area contributed by atoms with E-state index in [4.69, 9.17) is 0 Å². The van der Waals surface area contributed by atoms with Gasteiger partial charge in [0, 0.05) is 6.54 Å². The molecule has 0 unspecified atom stereocenters. The minimum absolute atomic E-state index is 0.579. The van der Waals surface area contributed by atoms with Crippen LogP contribution in [0.2, 0.25) is 0 Å². The van der Waals surface area contributed by atoms with Gasteiger partial charge in [0.25, 0.3) is 0 Å². The summed E-state index contributed by atoms with van der Waals surface area (Å²) in [4.78, 5) is 13.0. The van der Waals surface area contributed by atoms with Crippen molar-refractivity contribution in [2.45, 2.75) is 20.3 Å². The summed E-state index contributed by atoms with van der Waals surface area (Å²) in [6.45, 7) is 4.94. The Bertz CT molecular complexity index is 496. The number of rotatable bonds is 4. The maximum Gasteiger partial charge on any atom is 0.199 e. The summed E-state index contributed by atoms with van der Waals surface area (Å²) in [7, 11) is 0. The van der Waals surface area contributed by atoms with Gasteiger partial charge in [-0.15, -0.1) is 0 Å². The maximum atomic E-state index is 4.48. The minimum atomic E-state index is 0.579. The van der Waals surface area contributed by atoms with Crippen molar-refractivity contribution in [1.82, 2.24) is 25.1 Å². The third-order valence-corrected chi connectivity index (χ3v) is 3.36. The van der Waals surface area contributed by atoms with Gasteiger partial charge in [0.1, 0.15) is 12.1 Å². The quantitative estimate of drug-likeness (QED) is 0.828. The zero-order valence-corrected chi connectivity index (χ0v) is 11.8. The number of aromatic nitrogens is 5. The molecule has 2 aromatic heterocycles. The van der Waals surface area contributed by atoms with Crippen LogP contribution >= 0.6 is 22.6 Å². The van der Waals surface area contributed by atoms with E-state index in [2.05, 4.69) is 60.0 Å². The molecule has 6 nitrogen and oxygen atoms in total. The molecule has 0 aliphatic carbocycles. The molecule has 2 heterocycles. The summed E-state index contributed by atoms with van der Waals surface area (Å²) < 4.78 is 1.07. The summed E-state index contributed by atoms with van der Waals surface area (Å²) in [6, 6.07) is 0. The maximum absolute atomic E-state index is 4.48. The van der Waals surface area contributed by atoms with E-state index in [0.717, 1.165) is 28.0 Å². The van der Waals surface area contributed by atoms with E-state index in [1.165, 1.54) is 6.33 Å². The van der Waals surface area contributed by atoms with E-state index in [0.29, 0.717) is 11.6 Å². The Hall–Kier alpha value is -1.25. The van der Waals surface area contributed by atoms with Crippen LogP contribution in [0, 0.1) is 3.57 Å². The summed E-state index contributed by atoms with van der Waals surface area (Å²) in [5.41, 5.74) is 1.02. The number of H-pyrrole nitrogens is 1. The zero-order chi connectivity index (χ0) is 12.3. The summed E-state index contributed by atoms with van der Waals surface area (Å²) in [5, 5.41) is 9.82. The van der Waals surface area contributed by atoms with Crippen LogP contribution in [0.5, 0.6) is 0 Å². The van der Waals surface area contributed by atoms with Crippen molar-refractivity contribution >= 4 is 28.4 Å². The molecule has 0 aliphatic rings. The highest BCUT2D eigenvalue weighted by molar-refractivity contribution is 14.1. The van der Waals surface area contributed by atoms with Gasteiger partial charge in [0.2, 0.25) is 0 Å². The molecule has 0 amide bonds. The molecule has 17 heavy (non-hydrogen) atoms.